The predicted octanol–water partition coefficient (Wildman–Crippen LogP) is 3.02. The fourth-order valence-electron chi connectivity index (χ4n) is 1.88. The third-order valence-corrected chi connectivity index (χ3v) is 2.82. The average Bonchev–Trinajstić information content (AvgIpc) is 2.47. The fraction of sp³-hybridized carbons (Fsp3) is 0. The molecule has 0 fully saturated rings. The number of anilines is 1. The van der Waals surface area contributed by atoms with Crippen molar-refractivity contribution in [3.05, 3.63) is 66.2 Å². The Morgan fingerprint density at radius 2 is 2.00 bits per heavy atom. The molecular weight excluding hydrogens is 257 g/mol. The molecule has 0 saturated heterocycles. The second-order valence-corrected chi connectivity index (χ2v) is 4.21. The first kappa shape index (κ1) is 12.2. The van der Waals surface area contributed by atoms with Crippen molar-refractivity contribution in [2.75, 3.05) is 5.32 Å². The number of nitrogens with one attached hydrogen (secondary N) is 1. The van der Waals surface area contributed by atoms with Gasteiger partial charge in [-0.15, -0.1) is 0 Å². The maximum absolute atomic E-state index is 13.0. The predicted molar refractivity (Wildman–Crippen MR) is 73.9 cm³/mol. The summed E-state index contributed by atoms with van der Waals surface area (Å²) in [6.07, 6.45) is 1.69. The summed E-state index contributed by atoms with van der Waals surface area (Å²) in [7, 11) is 0. The van der Waals surface area contributed by atoms with Crippen LogP contribution in [0.1, 0.15) is 10.4 Å². The molecule has 20 heavy (non-hydrogen) atoms. The van der Waals surface area contributed by atoms with E-state index in [0.29, 0.717) is 5.56 Å². The highest BCUT2D eigenvalue weighted by Crippen LogP contribution is 2.14. The lowest BCUT2D eigenvalue weighted by molar-refractivity contribution is 0.102. The lowest BCUT2D eigenvalue weighted by atomic mass is 10.1. The van der Waals surface area contributed by atoms with Crippen LogP contribution in [0.15, 0.2) is 54.7 Å². The van der Waals surface area contributed by atoms with Gasteiger partial charge >= 0.3 is 0 Å². The molecule has 0 unspecified atom stereocenters. The number of hydrogen-bond acceptors (Lipinski definition) is 3. The summed E-state index contributed by atoms with van der Waals surface area (Å²) in [5.41, 5.74) is 1.28. The van der Waals surface area contributed by atoms with Gasteiger partial charge in [0, 0.05) is 17.1 Å². The van der Waals surface area contributed by atoms with E-state index in [1.165, 1.54) is 18.2 Å². The molecule has 0 atom stereocenters. The number of aromatic nitrogens is 2. The van der Waals surface area contributed by atoms with E-state index in [1.807, 2.05) is 6.07 Å². The fourth-order valence-corrected chi connectivity index (χ4v) is 1.88. The maximum atomic E-state index is 13.0. The van der Waals surface area contributed by atoms with E-state index in [-0.39, 0.29) is 11.7 Å². The van der Waals surface area contributed by atoms with Crippen molar-refractivity contribution in [1.29, 1.82) is 0 Å². The number of nitrogens with zero attached hydrogens (tertiary/aromatic N) is 2. The number of carbonyl (C=O) groups excluding carboxylic acids is 1. The van der Waals surface area contributed by atoms with Gasteiger partial charge in [0.1, 0.15) is 5.82 Å². The summed E-state index contributed by atoms with van der Waals surface area (Å²) in [4.78, 5) is 19.8. The first-order valence-electron chi connectivity index (χ1n) is 6.01. The lowest BCUT2D eigenvalue weighted by Crippen LogP contribution is -2.13. The van der Waals surface area contributed by atoms with Crippen LogP contribution in [0.3, 0.4) is 0 Å². The molecule has 2 heterocycles. The molecule has 0 radical (unpaired) electrons. The van der Waals surface area contributed by atoms with Crippen molar-refractivity contribution < 1.29 is 9.18 Å². The molecule has 1 amide bonds. The number of hydrogen-bond donors (Lipinski definition) is 1. The van der Waals surface area contributed by atoms with E-state index in [4.69, 9.17) is 0 Å². The van der Waals surface area contributed by atoms with Gasteiger partial charge in [-0.3, -0.25) is 9.78 Å². The number of pyridine rings is 2. The van der Waals surface area contributed by atoms with Crippen LogP contribution in [-0.2, 0) is 0 Å². The summed E-state index contributed by atoms with van der Waals surface area (Å²) < 4.78 is 13.0. The number of benzene rings is 1. The van der Waals surface area contributed by atoms with Crippen LogP contribution >= 0.6 is 0 Å². The second kappa shape index (κ2) is 5.05. The smallest absolute Gasteiger partial charge is 0.256 e. The largest absolute Gasteiger partial charge is 0.306 e. The normalized spacial score (nSPS) is 10.4. The summed E-state index contributed by atoms with van der Waals surface area (Å²) >= 11 is 0. The highest BCUT2D eigenvalue weighted by molar-refractivity contribution is 6.05. The van der Waals surface area contributed by atoms with Crippen LogP contribution in [-0.4, -0.2) is 15.9 Å². The third kappa shape index (κ3) is 2.47. The topological polar surface area (TPSA) is 54.9 Å². The Hall–Kier alpha value is -2.82. The molecular formula is C15H10FN3O. The zero-order valence-electron chi connectivity index (χ0n) is 10.4. The lowest BCUT2D eigenvalue weighted by Gasteiger charge is -2.05. The van der Waals surface area contributed by atoms with E-state index in [0.717, 1.165) is 10.9 Å². The number of carbonyl (C=O) groups is 1. The minimum atomic E-state index is -0.634. The molecule has 98 valence electrons. The van der Waals surface area contributed by atoms with Gasteiger partial charge in [-0.1, -0.05) is 12.1 Å². The molecule has 3 rings (SSSR count). The van der Waals surface area contributed by atoms with Gasteiger partial charge in [-0.25, -0.2) is 4.98 Å². The van der Waals surface area contributed by atoms with Crippen LogP contribution in [0.4, 0.5) is 10.2 Å². The molecule has 3 aromatic rings. The summed E-state index contributed by atoms with van der Waals surface area (Å²) in [5.74, 6) is -0.791. The minimum absolute atomic E-state index is 0.182. The van der Waals surface area contributed by atoms with Crippen molar-refractivity contribution in [2.24, 2.45) is 0 Å². The van der Waals surface area contributed by atoms with Gasteiger partial charge < -0.3 is 5.32 Å². The van der Waals surface area contributed by atoms with Gasteiger partial charge in [0.05, 0.1) is 5.52 Å². The highest BCUT2D eigenvalue weighted by atomic mass is 19.1. The quantitative estimate of drug-likeness (QED) is 0.726. The minimum Gasteiger partial charge on any atom is -0.306 e. The van der Waals surface area contributed by atoms with Crippen molar-refractivity contribution in [2.45, 2.75) is 0 Å². The Balaban J connectivity index is 1.88. The average molecular weight is 267 g/mol. The number of fused-ring (bicyclic) bond motifs is 1. The molecule has 0 spiro atoms. The third-order valence-electron chi connectivity index (χ3n) is 2.82. The molecule has 0 saturated carbocycles. The molecule has 0 aliphatic heterocycles. The number of rotatable bonds is 2. The first-order valence-corrected chi connectivity index (χ1v) is 6.01. The Morgan fingerprint density at radius 1 is 1.10 bits per heavy atom. The Morgan fingerprint density at radius 3 is 2.85 bits per heavy atom. The van der Waals surface area contributed by atoms with E-state index in [9.17, 15) is 9.18 Å². The zero-order valence-corrected chi connectivity index (χ0v) is 10.4. The zero-order chi connectivity index (χ0) is 13.9. The molecule has 1 aromatic carbocycles. The van der Waals surface area contributed by atoms with Gasteiger partial charge in [0.25, 0.3) is 5.91 Å². The Labute approximate surface area is 114 Å². The summed E-state index contributed by atoms with van der Waals surface area (Å²) in [5, 5.41) is 3.42. The molecule has 2 aromatic heterocycles. The highest BCUT2D eigenvalue weighted by Gasteiger charge is 2.08. The molecule has 0 aliphatic rings. The Kier molecular flexibility index (Phi) is 3.09. The van der Waals surface area contributed by atoms with Crippen LogP contribution in [0.25, 0.3) is 10.9 Å². The summed E-state index contributed by atoms with van der Waals surface area (Å²) in [6.45, 7) is 0. The number of halogens is 1. The first-order chi connectivity index (χ1) is 9.72. The van der Waals surface area contributed by atoms with E-state index < -0.39 is 5.95 Å². The maximum Gasteiger partial charge on any atom is 0.256 e. The SMILES string of the molecule is O=C(Nc1cccc(F)n1)c1ccc2ncccc2c1. The number of amides is 1. The van der Waals surface area contributed by atoms with Gasteiger partial charge in [-0.2, -0.15) is 4.39 Å². The van der Waals surface area contributed by atoms with Crippen LogP contribution in [0.2, 0.25) is 0 Å². The van der Waals surface area contributed by atoms with Crippen molar-refractivity contribution in [1.82, 2.24) is 9.97 Å². The van der Waals surface area contributed by atoms with E-state index in [2.05, 4.69) is 15.3 Å². The van der Waals surface area contributed by atoms with E-state index >= 15 is 0 Å². The molecule has 5 heteroatoms. The molecule has 0 bridgehead atoms. The second-order valence-electron chi connectivity index (χ2n) is 4.21. The van der Waals surface area contributed by atoms with Crippen LogP contribution < -0.4 is 5.32 Å². The van der Waals surface area contributed by atoms with Crippen molar-refractivity contribution in [3.8, 4) is 0 Å². The van der Waals surface area contributed by atoms with Gasteiger partial charge in [0.2, 0.25) is 5.95 Å². The summed E-state index contributed by atoms with van der Waals surface area (Å²) in [6, 6.07) is 13.1. The van der Waals surface area contributed by atoms with E-state index in [1.54, 1.807) is 30.5 Å². The van der Waals surface area contributed by atoms with Crippen LogP contribution in [0, 0.1) is 5.95 Å². The monoisotopic (exact) mass is 267 g/mol. The van der Waals surface area contributed by atoms with Gasteiger partial charge in [0.15, 0.2) is 0 Å². The van der Waals surface area contributed by atoms with Crippen molar-refractivity contribution >= 4 is 22.6 Å². The standard InChI is InChI=1S/C15H10FN3O/c16-13-4-1-5-14(18-13)19-15(20)11-6-7-12-10(9-11)3-2-8-17-12/h1-9H,(H,18,19,20). The van der Waals surface area contributed by atoms with Gasteiger partial charge in [-0.05, 0) is 36.4 Å². The molecule has 4 nitrogen and oxygen atoms in total. The Bertz CT molecular complexity index is 789. The van der Waals surface area contributed by atoms with Crippen molar-refractivity contribution in [3.63, 3.8) is 0 Å². The van der Waals surface area contributed by atoms with Crippen LogP contribution in [0.5, 0.6) is 0 Å². The molecule has 0 aliphatic carbocycles. The molecule has 1 N–H and O–H groups in total.